The Morgan fingerprint density at radius 1 is 1.35 bits per heavy atom. The van der Waals surface area contributed by atoms with Gasteiger partial charge in [0.2, 0.25) is 0 Å². The van der Waals surface area contributed by atoms with E-state index in [-0.39, 0.29) is 24.6 Å². The summed E-state index contributed by atoms with van der Waals surface area (Å²) in [6.07, 6.45) is 7.84. The molecular weight excluding hydrogens is 357 g/mol. The van der Waals surface area contributed by atoms with Gasteiger partial charge in [-0.25, -0.2) is 9.67 Å². The Morgan fingerprint density at radius 2 is 2.13 bits per heavy atom. The van der Waals surface area contributed by atoms with Crippen molar-refractivity contribution in [3.8, 4) is 0 Å². The first-order chi connectivity index (χ1) is 10.6. The first-order valence-corrected chi connectivity index (χ1v) is 7.68. The molecule has 0 amide bonds. The maximum atomic E-state index is 10.7. The van der Waals surface area contributed by atoms with Gasteiger partial charge in [0.25, 0.3) is 0 Å². The zero-order valence-corrected chi connectivity index (χ0v) is 14.0. The van der Waals surface area contributed by atoms with E-state index in [1.165, 1.54) is 29.3 Å². The molecule has 0 bridgehead atoms. The number of carbonyl (C=O) groups excluding carboxylic acids is 1. The number of pyridine rings is 1. The van der Waals surface area contributed by atoms with Gasteiger partial charge in [0.05, 0.1) is 28.9 Å². The summed E-state index contributed by atoms with van der Waals surface area (Å²) in [6.45, 7) is 0.354. The molecule has 23 heavy (non-hydrogen) atoms. The van der Waals surface area contributed by atoms with Crippen molar-refractivity contribution in [2.45, 2.75) is 25.3 Å². The molecule has 1 saturated carbocycles. The summed E-state index contributed by atoms with van der Waals surface area (Å²) in [7, 11) is 0. The predicted octanol–water partition coefficient (Wildman–Crippen LogP) is -2.02. The van der Waals surface area contributed by atoms with Crippen LogP contribution in [-0.2, 0) is 6.54 Å². The average Bonchev–Trinajstić information content (AvgIpc) is 3.08. The van der Waals surface area contributed by atoms with E-state index in [9.17, 15) is 9.90 Å². The van der Waals surface area contributed by atoms with Crippen LogP contribution in [0.2, 0.25) is 0 Å². The third-order valence-corrected chi connectivity index (χ3v) is 4.28. The second-order valence-corrected chi connectivity index (χ2v) is 6.30. The number of halogens is 1. The molecule has 0 spiro atoms. The van der Waals surface area contributed by atoms with Crippen LogP contribution in [0.15, 0.2) is 29.1 Å². The van der Waals surface area contributed by atoms with Gasteiger partial charge < -0.3 is 14.3 Å². The van der Waals surface area contributed by atoms with Gasteiger partial charge in [-0.3, -0.25) is 0 Å². The molecule has 0 aromatic carbocycles. The van der Waals surface area contributed by atoms with Crippen molar-refractivity contribution in [3.63, 3.8) is 0 Å². The summed E-state index contributed by atoms with van der Waals surface area (Å²) in [6, 6.07) is 2.12. The smallest absolute Gasteiger partial charge is 0.543 e. The number of hydrogen-bond acceptors (Lipinski definition) is 5. The molecule has 7 nitrogen and oxygen atoms in total. The van der Waals surface area contributed by atoms with Crippen molar-refractivity contribution in [1.82, 2.24) is 24.4 Å². The van der Waals surface area contributed by atoms with Crippen LogP contribution >= 0.6 is 15.9 Å². The van der Waals surface area contributed by atoms with Crippen LogP contribution in [0.3, 0.4) is 0 Å². The second-order valence-electron chi connectivity index (χ2n) is 5.45. The van der Waals surface area contributed by atoms with Crippen LogP contribution in [0.1, 0.15) is 40.5 Å². The molecule has 3 aromatic heterocycles. The van der Waals surface area contributed by atoms with Crippen molar-refractivity contribution in [2.75, 3.05) is 0 Å². The first-order valence-electron chi connectivity index (χ1n) is 6.88. The van der Waals surface area contributed by atoms with Crippen molar-refractivity contribution >= 4 is 27.5 Å². The normalized spacial score (nSPS) is 14.0. The fourth-order valence-corrected chi connectivity index (χ4v) is 3.04. The molecule has 0 radical (unpaired) electrons. The Bertz CT molecular complexity index is 887. The summed E-state index contributed by atoms with van der Waals surface area (Å²) in [5, 5.41) is 18.0. The average molecular weight is 368 g/mol. The molecule has 3 aromatic rings. The van der Waals surface area contributed by atoms with Gasteiger partial charge in [-0.2, -0.15) is 0 Å². The fourth-order valence-electron chi connectivity index (χ4n) is 2.48. The standard InChI is InChI=1S/C14H12BrN5O2.Li/c15-11-3-9(8-1-2-8)4-19-5-10(16-13(11)19)6-20-7-12(14(21)22)17-18-20;/h3-5,7-8H,1-2,6H2,(H,21,22);/q;+1/p-1. The van der Waals surface area contributed by atoms with E-state index in [0.717, 1.165) is 15.8 Å². The van der Waals surface area contributed by atoms with Crippen molar-refractivity contribution in [1.29, 1.82) is 0 Å². The zero-order chi connectivity index (χ0) is 15.3. The van der Waals surface area contributed by atoms with Gasteiger partial charge in [-0.05, 0) is 46.3 Å². The van der Waals surface area contributed by atoms with E-state index < -0.39 is 5.97 Å². The Morgan fingerprint density at radius 3 is 2.78 bits per heavy atom. The number of rotatable bonds is 4. The molecule has 1 aliphatic rings. The minimum Gasteiger partial charge on any atom is -0.543 e. The number of carbonyl (C=O) groups is 1. The number of carboxylic acid groups (broad SMARTS) is 1. The van der Waals surface area contributed by atoms with Gasteiger partial charge in [0.1, 0.15) is 5.69 Å². The minimum absolute atomic E-state index is 0. The Labute approximate surface area is 152 Å². The maximum absolute atomic E-state index is 10.7. The Kier molecular flexibility index (Phi) is 4.32. The van der Waals surface area contributed by atoms with E-state index >= 15 is 0 Å². The molecule has 0 aliphatic heterocycles. The number of aromatic carboxylic acids is 1. The summed E-state index contributed by atoms with van der Waals surface area (Å²) in [5.74, 6) is -0.675. The molecule has 1 aliphatic carbocycles. The Hall–Kier alpha value is -1.62. The number of imidazole rings is 1. The number of fused-ring (bicyclic) bond motifs is 1. The van der Waals surface area contributed by atoms with E-state index in [1.807, 2.05) is 10.6 Å². The summed E-state index contributed by atoms with van der Waals surface area (Å²) in [4.78, 5) is 15.3. The Balaban J connectivity index is 0.00000156. The maximum Gasteiger partial charge on any atom is 1.00 e. The summed E-state index contributed by atoms with van der Waals surface area (Å²) >= 11 is 3.56. The SMILES string of the molecule is O=C([O-])c1cn(Cc2cn3cc(C4CC4)cc(Br)c3n2)nn1.[Li+]. The number of hydrogen-bond donors (Lipinski definition) is 0. The largest absolute Gasteiger partial charge is 1.00 e. The molecule has 0 unspecified atom stereocenters. The van der Waals surface area contributed by atoms with Crippen molar-refractivity contribution < 1.29 is 28.8 Å². The van der Waals surface area contributed by atoms with Gasteiger partial charge in [-0.1, -0.05) is 5.21 Å². The van der Waals surface area contributed by atoms with Crippen molar-refractivity contribution in [3.05, 3.63) is 46.1 Å². The number of carboxylic acids is 1. The van der Waals surface area contributed by atoms with Gasteiger partial charge in [-0.15, -0.1) is 5.10 Å². The first kappa shape index (κ1) is 16.2. The molecule has 0 atom stereocenters. The van der Waals surface area contributed by atoms with Crippen LogP contribution < -0.4 is 24.0 Å². The van der Waals surface area contributed by atoms with Crippen molar-refractivity contribution in [2.24, 2.45) is 0 Å². The van der Waals surface area contributed by atoms with Crippen LogP contribution in [0.5, 0.6) is 0 Å². The molecule has 1 fully saturated rings. The molecule has 112 valence electrons. The third kappa shape index (κ3) is 3.20. The van der Waals surface area contributed by atoms with Gasteiger partial charge in [0.15, 0.2) is 5.65 Å². The van der Waals surface area contributed by atoms with Gasteiger partial charge in [0, 0.05) is 12.4 Å². The number of aromatic nitrogens is 5. The molecule has 4 rings (SSSR count). The molecule has 9 heteroatoms. The fraction of sp³-hybridized carbons (Fsp3) is 0.286. The number of nitrogens with zero attached hydrogens (tertiary/aromatic N) is 5. The third-order valence-electron chi connectivity index (χ3n) is 3.70. The van der Waals surface area contributed by atoms with E-state index in [4.69, 9.17) is 0 Å². The summed E-state index contributed by atoms with van der Waals surface area (Å²) < 4.78 is 4.38. The molecule has 3 heterocycles. The van der Waals surface area contributed by atoms with Crippen LogP contribution in [0.4, 0.5) is 0 Å². The zero-order valence-electron chi connectivity index (χ0n) is 12.4. The van der Waals surface area contributed by atoms with E-state index in [0.29, 0.717) is 12.5 Å². The topological polar surface area (TPSA) is 88.1 Å². The minimum atomic E-state index is -1.34. The quantitative estimate of drug-likeness (QED) is 0.497. The molecular formula is C14H11BrLiN5O2. The van der Waals surface area contributed by atoms with Crippen LogP contribution in [0, 0.1) is 0 Å². The summed E-state index contributed by atoms with van der Waals surface area (Å²) in [5.41, 5.74) is 2.74. The van der Waals surface area contributed by atoms with E-state index in [1.54, 1.807) is 0 Å². The van der Waals surface area contributed by atoms with Gasteiger partial charge >= 0.3 is 18.9 Å². The molecule has 0 saturated heterocycles. The monoisotopic (exact) mass is 367 g/mol. The predicted molar refractivity (Wildman–Crippen MR) is 78.3 cm³/mol. The molecule has 0 N–H and O–H groups in total. The van der Waals surface area contributed by atoms with Crippen LogP contribution in [-0.4, -0.2) is 30.3 Å². The second kappa shape index (κ2) is 6.11. The van der Waals surface area contributed by atoms with E-state index in [2.05, 4.69) is 43.5 Å². The van der Waals surface area contributed by atoms with Crippen LogP contribution in [0.25, 0.3) is 5.65 Å².